The SMILES string of the molecule is [2H]c1c(C[C@H]2COC(=O)N2[2H])c([2H])c2c(C([2H])([2H])C([2H])([2H])N(C)C([2H])([2H])[2H])cn([2H])c2c1[2H]. The second-order valence-electron chi connectivity index (χ2n) is 4.61. The summed E-state index contributed by atoms with van der Waals surface area (Å²) in [6, 6.07) is -2.33. The van der Waals surface area contributed by atoms with Crippen LogP contribution in [0.3, 0.4) is 0 Å². The van der Waals surface area contributed by atoms with Crippen LogP contribution in [-0.2, 0) is 17.5 Å². The number of alkyl carbamates (subject to hydrolysis) is 1. The number of nitrogens with one attached hydrogen (secondary N) is 2. The number of amides is 1. The van der Waals surface area contributed by atoms with Crippen molar-refractivity contribution in [3.63, 3.8) is 0 Å². The highest BCUT2D eigenvalue weighted by atomic mass is 16.6. The maximum absolute atomic E-state index is 11.5. The number of likely N-dealkylation sites (N-methyl/N-ethyl adjacent to an activating group) is 1. The van der Waals surface area contributed by atoms with Crippen LogP contribution >= 0.6 is 0 Å². The fourth-order valence-electron chi connectivity index (χ4n) is 2.00. The van der Waals surface area contributed by atoms with E-state index in [0.717, 1.165) is 13.2 Å². The molecule has 1 aliphatic heterocycles. The summed E-state index contributed by atoms with van der Waals surface area (Å²) in [5, 5.41) is 0.211. The van der Waals surface area contributed by atoms with Crippen molar-refractivity contribution in [1.29, 1.82) is 0 Å². The number of benzene rings is 1. The highest BCUT2D eigenvalue weighted by Gasteiger charge is 2.22. The summed E-state index contributed by atoms with van der Waals surface area (Å²) in [6.45, 7) is -6.30. The normalized spacial score (nSPS) is 29.0. The van der Waals surface area contributed by atoms with Gasteiger partial charge in [-0.15, -0.1) is 0 Å². The van der Waals surface area contributed by atoms with Crippen LogP contribution in [0.2, 0.25) is 2.82 Å². The minimum Gasteiger partial charge on any atom is -0.447 e. The minimum absolute atomic E-state index is 0.110. The van der Waals surface area contributed by atoms with Crippen LogP contribution < -0.4 is 5.31 Å². The molecule has 2 heterocycles. The number of hydrogen-bond acceptors (Lipinski definition) is 3. The Morgan fingerprint density at radius 3 is 3.33 bits per heavy atom. The summed E-state index contributed by atoms with van der Waals surface area (Å²) in [5.74, 6) is 0. The Labute approximate surface area is 141 Å². The Balaban J connectivity index is 2.24. The van der Waals surface area contributed by atoms with Crippen molar-refractivity contribution >= 4 is 17.0 Å². The third-order valence-corrected chi connectivity index (χ3v) is 2.92. The Morgan fingerprint density at radius 2 is 2.57 bits per heavy atom. The average molecular weight is 299 g/mol. The number of ether oxygens (including phenoxy) is 1. The van der Waals surface area contributed by atoms with E-state index in [1.54, 1.807) is 0 Å². The van der Waals surface area contributed by atoms with Gasteiger partial charge >= 0.3 is 6.09 Å². The molecule has 112 valence electrons. The van der Waals surface area contributed by atoms with Crippen molar-refractivity contribution in [1.82, 2.24) is 15.2 Å². The van der Waals surface area contributed by atoms with Crippen LogP contribution in [-0.4, -0.2) is 49.1 Å². The Kier molecular flexibility index (Phi) is 1.55. The van der Waals surface area contributed by atoms with Crippen LogP contribution in [0.15, 0.2) is 24.3 Å². The van der Waals surface area contributed by atoms with Gasteiger partial charge in [0.25, 0.3) is 0 Å². The van der Waals surface area contributed by atoms with Crippen LogP contribution in [0.5, 0.6) is 0 Å². The summed E-state index contributed by atoms with van der Waals surface area (Å²) in [7, 11) is 0.884. The molecule has 1 aromatic heterocycles. The lowest BCUT2D eigenvalue weighted by Gasteiger charge is -2.09. The summed E-state index contributed by atoms with van der Waals surface area (Å²) in [4.78, 5) is 12.3. The van der Waals surface area contributed by atoms with Crippen molar-refractivity contribution in [2.45, 2.75) is 18.8 Å². The van der Waals surface area contributed by atoms with Crippen LogP contribution in [0.1, 0.15) is 24.8 Å². The fourth-order valence-corrected chi connectivity index (χ4v) is 2.00. The van der Waals surface area contributed by atoms with Gasteiger partial charge in [0.1, 0.15) is 6.61 Å². The van der Waals surface area contributed by atoms with E-state index < -0.39 is 55.7 Å². The van der Waals surface area contributed by atoms with Crippen LogP contribution in [0.4, 0.5) is 4.79 Å². The summed E-state index contributed by atoms with van der Waals surface area (Å²) >= 11 is 0. The van der Waals surface area contributed by atoms with Gasteiger partial charge in [-0.25, -0.2) is 4.79 Å². The van der Waals surface area contributed by atoms with Crippen molar-refractivity contribution in [2.24, 2.45) is 0 Å². The molecule has 2 N–H and O–H groups in total. The van der Waals surface area contributed by atoms with Gasteiger partial charge in [0.2, 0.25) is 0 Å². The van der Waals surface area contributed by atoms with Crippen molar-refractivity contribution in [3.05, 3.63) is 35.5 Å². The van der Waals surface area contributed by atoms with Gasteiger partial charge in [0.05, 0.1) is 10.2 Å². The van der Waals surface area contributed by atoms with Crippen molar-refractivity contribution in [3.8, 4) is 0 Å². The molecule has 0 spiro atoms. The molecule has 1 saturated heterocycles. The van der Waals surface area contributed by atoms with Gasteiger partial charge in [-0.1, -0.05) is 6.04 Å². The average Bonchev–Trinajstić information content (AvgIpc) is 3.22. The third kappa shape index (κ3) is 3.19. The monoisotopic (exact) mass is 299 g/mol. The second-order valence-corrected chi connectivity index (χ2v) is 4.61. The van der Waals surface area contributed by atoms with Gasteiger partial charge in [-0.05, 0) is 50.0 Å². The number of aromatic nitrogens is 1. The molecule has 1 amide bonds. The molecule has 0 radical (unpaired) electrons. The summed E-state index contributed by atoms with van der Waals surface area (Å²) in [5.41, 5.74) is -0.961. The molecule has 3 rings (SSSR count). The number of hydrogen-bond donors (Lipinski definition) is 2. The largest absolute Gasteiger partial charge is 0.447 e. The predicted molar refractivity (Wildman–Crippen MR) is 82.5 cm³/mol. The van der Waals surface area contributed by atoms with Gasteiger partial charge in [-0.2, -0.15) is 0 Å². The van der Waals surface area contributed by atoms with Gasteiger partial charge in [0, 0.05) is 33.2 Å². The summed E-state index contributed by atoms with van der Waals surface area (Å²) < 4.78 is 101. The van der Waals surface area contributed by atoms with Gasteiger partial charge in [-0.3, -0.25) is 0 Å². The number of rotatable bonds is 5. The molecule has 5 nitrogen and oxygen atoms in total. The molecular formula is C16H21N3O2. The zero-order valence-corrected chi connectivity index (χ0v) is 11.2. The molecule has 5 heteroatoms. The number of H-pyrrole nitrogens is 1. The van der Waals surface area contributed by atoms with Crippen molar-refractivity contribution in [2.75, 3.05) is 27.1 Å². The van der Waals surface area contributed by atoms with E-state index in [1.165, 1.54) is 0 Å². The van der Waals surface area contributed by atoms with E-state index in [4.69, 9.17) is 21.3 Å². The molecule has 21 heavy (non-hydrogen) atoms. The Hall–Kier alpha value is -2.01. The van der Waals surface area contributed by atoms with E-state index in [0.29, 0.717) is 10.3 Å². The molecule has 1 atom stereocenters. The molecular weight excluding hydrogens is 266 g/mol. The Morgan fingerprint density at radius 1 is 1.67 bits per heavy atom. The number of nitrogens with zero attached hydrogens (tertiary/aromatic N) is 1. The van der Waals surface area contributed by atoms with E-state index in [-0.39, 0.29) is 34.4 Å². The fraction of sp³-hybridized carbons (Fsp3) is 0.438. The number of aromatic amines is 1. The third-order valence-electron chi connectivity index (χ3n) is 2.92. The molecule has 0 saturated carbocycles. The zero-order valence-electron chi connectivity index (χ0n) is 23.2. The highest BCUT2D eigenvalue weighted by Crippen LogP contribution is 2.21. The molecule has 0 aliphatic carbocycles. The first-order chi connectivity index (χ1) is 14.9. The molecule has 1 aromatic carbocycles. The maximum Gasteiger partial charge on any atom is 0.407 e. The first kappa shape index (κ1) is 5.65. The second kappa shape index (κ2) is 5.77. The maximum atomic E-state index is 11.5. The summed E-state index contributed by atoms with van der Waals surface area (Å²) in [6.07, 6.45) is -3.35. The molecule has 1 aliphatic rings. The zero-order chi connectivity index (χ0) is 25.3. The smallest absolute Gasteiger partial charge is 0.407 e. The molecule has 2 aromatic rings. The quantitative estimate of drug-likeness (QED) is 0.887. The number of cyclic esters (lactones) is 1. The minimum atomic E-state index is -3.12. The number of carbonyl (C=O) groups is 1. The molecule has 0 bridgehead atoms. The first-order valence-corrected chi connectivity index (χ1v) is 6.26. The lowest BCUT2D eigenvalue weighted by Crippen LogP contribution is -2.28. The van der Waals surface area contributed by atoms with E-state index in [9.17, 15) is 4.79 Å². The lowest BCUT2D eigenvalue weighted by molar-refractivity contribution is 0.177. The number of aryl methyl sites for hydroxylation is 1. The Bertz CT molecular complexity index is 1110. The predicted octanol–water partition coefficient (Wildman–Crippen LogP) is 1.92. The van der Waals surface area contributed by atoms with Crippen LogP contribution in [0.25, 0.3) is 10.9 Å². The highest BCUT2D eigenvalue weighted by molar-refractivity contribution is 5.84. The van der Waals surface area contributed by atoms with E-state index in [2.05, 4.69) is 0 Å². The van der Waals surface area contributed by atoms with Gasteiger partial charge in [0.15, 0.2) is 2.82 Å². The van der Waals surface area contributed by atoms with Gasteiger partial charge < -0.3 is 19.9 Å². The number of carbonyl (C=O) groups excluding carboxylic acids is 1. The molecule has 0 unspecified atom stereocenters. The topological polar surface area (TPSA) is 57.4 Å². The van der Waals surface area contributed by atoms with Crippen molar-refractivity contribution < 1.29 is 26.1 Å². The van der Waals surface area contributed by atoms with E-state index in [1.807, 2.05) is 0 Å². The van der Waals surface area contributed by atoms with E-state index >= 15 is 0 Å². The standard InChI is InChI=1S/C16H21N3O2/c1-19(2)6-5-12-9-17-15-4-3-11(8-14(12)15)7-13-10-21-16(20)18-13/h3-4,8-9,13,17H,5-7,10H2,1-2H3,(H,18,20)/t13-/m0/s1/i1D3,3D,4D,5D2,6D2,8D/hD2. The number of fused-ring (bicyclic) bond motifs is 1. The first-order valence-electron chi connectivity index (χ1n) is 12.2. The lowest BCUT2D eigenvalue weighted by atomic mass is 10.0. The van der Waals surface area contributed by atoms with Crippen LogP contribution in [0, 0.1) is 0 Å². The molecule has 1 fully saturated rings.